The number of aliphatic imine (C=N–C) groups is 1. The van der Waals surface area contributed by atoms with Crippen molar-refractivity contribution < 1.29 is 41.8 Å². The summed E-state index contributed by atoms with van der Waals surface area (Å²) in [6, 6.07) is 0.106. The number of thiazole rings is 1. The molecule has 2 unspecified atom stereocenters. The smallest absolute Gasteiger partial charge is 0.376 e. The number of amidine groups is 1. The Balaban J connectivity index is 1.47. The first-order valence-corrected chi connectivity index (χ1v) is 14.3. The molecular weight excluding hydrogens is 596 g/mol. The van der Waals surface area contributed by atoms with E-state index < -0.39 is 54.2 Å². The Hall–Kier alpha value is -4.05. The summed E-state index contributed by atoms with van der Waals surface area (Å²) in [6.07, 6.45) is 1.57. The van der Waals surface area contributed by atoms with Crippen LogP contribution in [-0.4, -0.2) is 106 Å². The number of nitrogens with zero attached hydrogens (tertiary/aromatic N) is 5. The van der Waals surface area contributed by atoms with Crippen molar-refractivity contribution in [1.29, 1.82) is 0 Å². The molecule has 1 aromatic carbocycles. The van der Waals surface area contributed by atoms with Gasteiger partial charge in [0.05, 0.1) is 24.8 Å². The summed E-state index contributed by atoms with van der Waals surface area (Å²) in [6.45, 7) is 2.57. The summed E-state index contributed by atoms with van der Waals surface area (Å²) in [4.78, 5) is 50.2. The molecule has 4 heterocycles. The number of hydrogen-bond donors (Lipinski definition) is 2. The molecule has 2 aromatic rings. The second-order valence-electron chi connectivity index (χ2n) is 10.3. The van der Waals surface area contributed by atoms with E-state index >= 15 is 0 Å². The van der Waals surface area contributed by atoms with Gasteiger partial charge in [-0.15, -0.1) is 11.3 Å². The van der Waals surface area contributed by atoms with Crippen LogP contribution in [0.1, 0.15) is 29.1 Å². The number of esters is 1. The number of carboxylic acid groups (broad SMARTS) is 1. The predicted octanol–water partition coefficient (Wildman–Crippen LogP) is 2.78. The van der Waals surface area contributed by atoms with Gasteiger partial charge >= 0.3 is 23.9 Å². The third-order valence-corrected chi connectivity index (χ3v) is 8.31. The average Bonchev–Trinajstić information content (AvgIpc) is 3.60. The van der Waals surface area contributed by atoms with Crippen molar-refractivity contribution in [3.8, 4) is 0 Å². The van der Waals surface area contributed by atoms with E-state index in [-0.39, 0.29) is 49.5 Å². The molecule has 0 bridgehead atoms. The highest BCUT2D eigenvalue weighted by Gasteiger charge is 2.48. The molecule has 2 atom stereocenters. The highest BCUT2D eigenvalue weighted by atomic mass is 32.1. The molecule has 0 spiro atoms. The molecule has 0 aliphatic carbocycles. The molecule has 2 N–H and O–H groups in total. The fourth-order valence-electron chi connectivity index (χ4n) is 5.46. The minimum absolute atomic E-state index is 0.0216. The van der Waals surface area contributed by atoms with E-state index in [1.165, 1.54) is 29.2 Å². The number of aromatic nitrogens is 1. The van der Waals surface area contributed by atoms with Crippen LogP contribution in [0.3, 0.4) is 0 Å². The molecule has 43 heavy (non-hydrogen) atoms. The lowest BCUT2D eigenvalue weighted by molar-refractivity contribution is -0.166. The number of nitrogens with one attached hydrogen (secondary N) is 1. The van der Waals surface area contributed by atoms with Crippen molar-refractivity contribution in [1.82, 2.24) is 25.0 Å². The van der Waals surface area contributed by atoms with Gasteiger partial charge in [-0.3, -0.25) is 9.89 Å². The van der Waals surface area contributed by atoms with Gasteiger partial charge in [-0.05, 0) is 31.0 Å². The fourth-order valence-corrected chi connectivity index (χ4v) is 6.04. The zero-order valence-corrected chi connectivity index (χ0v) is 24.0. The molecule has 2 saturated heterocycles. The van der Waals surface area contributed by atoms with E-state index in [0.717, 1.165) is 11.0 Å². The maximum absolute atomic E-state index is 14.7. The lowest BCUT2D eigenvalue weighted by Crippen LogP contribution is -2.53. The number of carbonyl (C=O) groups is 3. The summed E-state index contributed by atoms with van der Waals surface area (Å²) < 4.78 is 61.8. The number of urea groups is 1. The Labute approximate surface area is 247 Å². The van der Waals surface area contributed by atoms with E-state index in [1.807, 2.05) is 4.90 Å². The largest absolute Gasteiger partial charge is 0.477 e. The number of ether oxygens (including phenoxy) is 1. The summed E-state index contributed by atoms with van der Waals surface area (Å²) in [5.41, 5.74) is 0.701. The summed E-state index contributed by atoms with van der Waals surface area (Å²) >= 11 is 1.28. The fraction of sp³-hybridized carbons (Fsp3) is 0.444. The number of carbonyl (C=O) groups excluding carboxylic acids is 2. The van der Waals surface area contributed by atoms with Gasteiger partial charge in [-0.1, -0.05) is 6.07 Å². The van der Waals surface area contributed by atoms with Crippen molar-refractivity contribution in [2.24, 2.45) is 4.99 Å². The highest BCUT2D eigenvalue weighted by Crippen LogP contribution is 2.36. The van der Waals surface area contributed by atoms with Crippen LogP contribution >= 0.6 is 11.3 Å². The van der Waals surface area contributed by atoms with Gasteiger partial charge in [-0.25, -0.2) is 28.1 Å². The zero-order chi connectivity index (χ0) is 31.1. The number of fused-ring (bicyclic) bond motifs is 1. The molecule has 1 aromatic heterocycles. The molecule has 0 radical (unpaired) electrons. The number of amides is 2. The molecule has 2 amide bonds. The van der Waals surface area contributed by atoms with Crippen molar-refractivity contribution in [2.75, 3.05) is 45.9 Å². The molecule has 5 rings (SSSR count). The van der Waals surface area contributed by atoms with Crippen LogP contribution in [0.25, 0.3) is 0 Å². The normalized spacial score (nSPS) is 21.1. The quantitative estimate of drug-likeness (QED) is 0.322. The molecule has 3 aliphatic rings. The molecule has 0 saturated carbocycles. The van der Waals surface area contributed by atoms with Gasteiger partial charge in [0.2, 0.25) is 0 Å². The number of hydrogen-bond acceptors (Lipinski definition) is 9. The molecule has 230 valence electrons. The third kappa shape index (κ3) is 5.93. The number of piperazine rings is 1. The van der Waals surface area contributed by atoms with Gasteiger partial charge in [0.1, 0.15) is 6.04 Å². The number of aliphatic carboxylic acids is 1. The van der Waals surface area contributed by atoms with E-state index in [0.29, 0.717) is 23.1 Å². The third-order valence-electron chi connectivity index (χ3n) is 7.53. The molecule has 3 aliphatic heterocycles. The number of rotatable bonds is 9. The van der Waals surface area contributed by atoms with Crippen molar-refractivity contribution in [3.63, 3.8) is 0 Å². The van der Waals surface area contributed by atoms with Gasteiger partial charge in [0.15, 0.2) is 22.5 Å². The topological polar surface area (TPSA) is 128 Å². The summed E-state index contributed by atoms with van der Waals surface area (Å²) in [5, 5.41) is 14.2. The van der Waals surface area contributed by atoms with Crippen molar-refractivity contribution in [3.05, 3.63) is 62.7 Å². The maximum Gasteiger partial charge on any atom is 0.376 e. The Bertz CT molecular complexity index is 1500. The predicted molar refractivity (Wildman–Crippen MR) is 146 cm³/mol. The monoisotopic (exact) mass is 624 g/mol. The first-order chi connectivity index (χ1) is 20.4. The molecule has 2 fully saturated rings. The van der Waals surface area contributed by atoms with Gasteiger partial charge in [0, 0.05) is 50.0 Å². The van der Waals surface area contributed by atoms with E-state index in [2.05, 4.69) is 15.3 Å². The number of benzene rings is 1. The second-order valence-corrected chi connectivity index (χ2v) is 11.2. The minimum atomic E-state index is -4.09. The van der Waals surface area contributed by atoms with Gasteiger partial charge < -0.3 is 25.0 Å². The Morgan fingerprint density at radius 2 is 2.00 bits per heavy atom. The summed E-state index contributed by atoms with van der Waals surface area (Å²) in [5.74, 6) is -8.90. The zero-order valence-electron chi connectivity index (χ0n) is 23.2. The standard InChI is InChI=1S/C27H28F4N6O5S/c1-3-42-24(38)19-18(12-35-7-8-37-15(10-35)11-36(26(37)41)13-27(30,31)25(39)40)33-22(23-32-6-9-43-23)34-21(19)16-4-5-17(28)20(29)14(16)2/h4-6,9,15,21H,3,7-8,10-13H2,1-2H3,(H,33,34)(H,39,40). The Morgan fingerprint density at radius 1 is 1.23 bits per heavy atom. The van der Waals surface area contributed by atoms with Gasteiger partial charge in [-0.2, -0.15) is 8.78 Å². The number of carboxylic acids is 1. The van der Waals surface area contributed by atoms with Crippen LogP contribution in [0.2, 0.25) is 0 Å². The van der Waals surface area contributed by atoms with Gasteiger partial charge in [0.25, 0.3) is 0 Å². The van der Waals surface area contributed by atoms with Crippen LogP contribution < -0.4 is 5.32 Å². The van der Waals surface area contributed by atoms with Crippen molar-refractivity contribution in [2.45, 2.75) is 31.9 Å². The van der Waals surface area contributed by atoms with Crippen molar-refractivity contribution >= 4 is 35.1 Å². The molecule has 16 heteroatoms. The molecule has 11 nitrogen and oxygen atoms in total. The number of halogens is 4. The number of alkyl halides is 2. The van der Waals surface area contributed by atoms with E-state index in [4.69, 9.17) is 9.84 Å². The Morgan fingerprint density at radius 3 is 2.67 bits per heavy atom. The van der Waals surface area contributed by atoms with Crippen LogP contribution in [0.4, 0.5) is 22.4 Å². The SMILES string of the molecule is CCOC(=O)C1=C(CN2CCN3C(=O)N(CC(F)(F)C(=O)O)CC3C2)NC(c2nccs2)=NC1c1ccc(F)c(F)c1C. The van der Waals surface area contributed by atoms with E-state index in [1.54, 1.807) is 18.5 Å². The lowest BCUT2D eigenvalue weighted by atomic mass is 9.92. The average molecular weight is 625 g/mol. The van der Waals surface area contributed by atoms with Crippen LogP contribution in [0, 0.1) is 18.6 Å². The second kappa shape index (κ2) is 11.9. The van der Waals surface area contributed by atoms with E-state index in [9.17, 15) is 31.9 Å². The molecular formula is C27H28F4N6O5S. The minimum Gasteiger partial charge on any atom is -0.477 e. The van der Waals surface area contributed by atoms with Crippen LogP contribution in [0.5, 0.6) is 0 Å². The first kappa shape index (κ1) is 30.4. The maximum atomic E-state index is 14.7. The Kier molecular flexibility index (Phi) is 8.42. The summed E-state index contributed by atoms with van der Waals surface area (Å²) in [7, 11) is 0. The van der Waals surface area contributed by atoms with Crippen LogP contribution in [0.15, 0.2) is 40.0 Å². The van der Waals surface area contributed by atoms with Crippen LogP contribution in [-0.2, 0) is 14.3 Å². The first-order valence-electron chi connectivity index (χ1n) is 13.4. The lowest BCUT2D eigenvalue weighted by Gasteiger charge is -2.38. The highest BCUT2D eigenvalue weighted by molar-refractivity contribution is 7.11.